The number of H-pyrrole nitrogens is 1. The quantitative estimate of drug-likeness (QED) is 0.658. The maximum Gasteiger partial charge on any atom is 0.295 e. The molecular formula is C19H21F2N5OS. The van der Waals surface area contributed by atoms with Gasteiger partial charge in [-0.1, -0.05) is 6.92 Å². The molecular weight excluding hydrogens is 384 g/mol. The SMILES string of the molecule is CC1CCCN(Cc2csc(NC(=O)c3ccc4nc(C(F)F)[nH]c4c3)n2)C1. The van der Waals surface area contributed by atoms with Crippen LogP contribution in [-0.2, 0) is 6.54 Å². The molecule has 1 aliphatic heterocycles. The Morgan fingerprint density at radius 1 is 1.43 bits per heavy atom. The Morgan fingerprint density at radius 3 is 3.07 bits per heavy atom. The number of imidazole rings is 1. The van der Waals surface area contributed by atoms with Gasteiger partial charge in [-0.25, -0.2) is 18.7 Å². The number of thiazole rings is 1. The largest absolute Gasteiger partial charge is 0.337 e. The predicted molar refractivity (Wildman–Crippen MR) is 105 cm³/mol. The Hall–Kier alpha value is -2.39. The number of hydrogen-bond acceptors (Lipinski definition) is 5. The molecule has 3 aromatic rings. The number of hydrogen-bond donors (Lipinski definition) is 2. The second-order valence-corrected chi connectivity index (χ2v) is 8.09. The lowest BCUT2D eigenvalue weighted by Gasteiger charge is -2.30. The van der Waals surface area contributed by atoms with Crippen molar-refractivity contribution in [1.29, 1.82) is 0 Å². The van der Waals surface area contributed by atoms with Gasteiger partial charge in [0, 0.05) is 24.0 Å². The predicted octanol–water partition coefficient (Wildman–Crippen LogP) is 4.44. The summed E-state index contributed by atoms with van der Waals surface area (Å²) in [4.78, 5) is 25.8. The molecule has 1 unspecified atom stereocenters. The average Bonchev–Trinajstić information content (AvgIpc) is 3.27. The van der Waals surface area contributed by atoms with Crippen molar-refractivity contribution in [2.24, 2.45) is 5.92 Å². The van der Waals surface area contributed by atoms with Gasteiger partial charge in [-0.05, 0) is 43.5 Å². The highest BCUT2D eigenvalue weighted by Crippen LogP contribution is 2.23. The minimum Gasteiger partial charge on any atom is -0.337 e. The summed E-state index contributed by atoms with van der Waals surface area (Å²) in [5.74, 6) is -0.0266. The molecule has 1 aliphatic rings. The Balaban J connectivity index is 1.42. The van der Waals surface area contributed by atoms with Gasteiger partial charge < -0.3 is 4.98 Å². The highest BCUT2D eigenvalue weighted by atomic mass is 32.1. The highest BCUT2D eigenvalue weighted by molar-refractivity contribution is 7.14. The fraction of sp³-hybridized carbons (Fsp3) is 0.421. The van der Waals surface area contributed by atoms with Crippen LogP contribution >= 0.6 is 11.3 Å². The molecule has 0 saturated carbocycles. The molecule has 1 saturated heterocycles. The minimum atomic E-state index is -2.68. The lowest BCUT2D eigenvalue weighted by Crippen LogP contribution is -2.33. The third-order valence-corrected chi connectivity index (χ3v) is 5.67. The standard InChI is InChI=1S/C19H21F2N5OS/c1-11-3-2-6-26(8-11)9-13-10-28-19(22-13)25-18(27)12-4-5-14-15(7-12)24-17(23-14)16(20)21/h4-5,7,10-11,16H,2-3,6,8-9H2,1H3,(H,23,24)(H,22,25,27). The second kappa shape index (κ2) is 7.92. The zero-order valence-corrected chi connectivity index (χ0v) is 16.2. The Kier molecular flexibility index (Phi) is 5.36. The summed E-state index contributed by atoms with van der Waals surface area (Å²) in [5.41, 5.74) is 2.11. The van der Waals surface area contributed by atoms with E-state index in [4.69, 9.17) is 0 Å². The van der Waals surface area contributed by atoms with Crippen molar-refractivity contribution in [2.45, 2.75) is 32.7 Å². The smallest absolute Gasteiger partial charge is 0.295 e. The van der Waals surface area contributed by atoms with Crippen molar-refractivity contribution >= 4 is 33.4 Å². The van der Waals surface area contributed by atoms with E-state index in [0.717, 1.165) is 25.3 Å². The summed E-state index contributed by atoms with van der Waals surface area (Å²) in [5, 5.41) is 5.28. The monoisotopic (exact) mass is 405 g/mol. The molecule has 0 spiro atoms. The van der Waals surface area contributed by atoms with Gasteiger partial charge in [0.1, 0.15) is 0 Å². The zero-order chi connectivity index (χ0) is 19.7. The Bertz CT molecular complexity index is 986. The van der Waals surface area contributed by atoms with E-state index in [2.05, 4.69) is 32.1 Å². The summed E-state index contributed by atoms with van der Waals surface area (Å²) >= 11 is 1.38. The van der Waals surface area contributed by atoms with Gasteiger partial charge >= 0.3 is 0 Å². The van der Waals surface area contributed by atoms with Crippen molar-refractivity contribution in [3.05, 3.63) is 40.7 Å². The molecule has 6 nitrogen and oxygen atoms in total. The highest BCUT2D eigenvalue weighted by Gasteiger charge is 2.18. The molecule has 4 rings (SSSR count). The molecule has 2 N–H and O–H groups in total. The number of amides is 1. The van der Waals surface area contributed by atoms with E-state index >= 15 is 0 Å². The number of piperidine rings is 1. The van der Waals surface area contributed by atoms with Crippen LogP contribution in [0.4, 0.5) is 13.9 Å². The number of nitrogens with one attached hydrogen (secondary N) is 2. The first-order valence-electron chi connectivity index (χ1n) is 9.24. The summed E-state index contributed by atoms with van der Waals surface area (Å²) in [6, 6.07) is 4.64. The van der Waals surface area contributed by atoms with E-state index in [1.54, 1.807) is 12.1 Å². The summed E-state index contributed by atoms with van der Waals surface area (Å²) in [6.45, 7) is 5.20. The van der Waals surface area contributed by atoms with E-state index < -0.39 is 12.2 Å². The number of fused-ring (bicyclic) bond motifs is 1. The maximum absolute atomic E-state index is 12.8. The fourth-order valence-corrected chi connectivity index (χ4v) is 4.24. The Labute approximate surface area is 165 Å². The van der Waals surface area contributed by atoms with Gasteiger partial charge in [-0.2, -0.15) is 0 Å². The van der Waals surface area contributed by atoms with Gasteiger partial charge in [-0.15, -0.1) is 11.3 Å². The van der Waals surface area contributed by atoms with Crippen LogP contribution in [0.2, 0.25) is 0 Å². The molecule has 1 aromatic carbocycles. The van der Waals surface area contributed by atoms with E-state index in [1.807, 2.05) is 5.38 Å². The fourth-order valence-electron chi connectivity index (χ4n) is 3.54. The number of carbonyl (C=O) groups excluding carboxylic acids is 1. The molecule has 0 radical (unpaired) electrons. The number of likely N-dealkylation sites (tertiary alicyclic amines) is 1. The van der Waals surface area contributed by atoms with Crippen molar-refractivity contribution < 1.29 is 13.6 Å². The topological polar surface area (TPSA) is 73.9 Å². The second-order valence-electron chi connectivity index (χ2n) is 7.24. The number of aromatic amines is 1. The number of carbonyl (C=O) groups is 1. The van der Waals surface area contributed by atoms with Gasteiger partial charge in [0.25, 0.3) is 12.3 Å². The van der Waals surface area contributed by atoms with Gasteiger partial charge in [0.15, 0.2) is 11.0 Å². The molecule has 2 aromatic heterocycles. The molecule has 148 valence electrons. The number of aromatic nitrogens is 3. The van der Waals surface area contributed by atoms with Crippen LogP contribution in [-0.4, -0.2) is 38.8 Å². The van der Waals surface area contributed by atoms with E-state index in [0.29, 0.717) is 27.6 Å². The van der Waals surface area contributed by atoms with Crippen molar-refractivity contribution in [3.8, 4) is 0 Å². The zero-order valence-electron chi connectivity index (χ0n) is 15.4. The van der Waals surface area contributed by atoms with E-state index in [1.165, 1.54) is 30.2 Å². The summed E-state index contributed by atoms with van der Waals surface area (Å²) in [7, 11) is 0. The third kappa shape index (κ3) is 4.20. The molecule has 28 heavy (non-hydrogen) atoms. The van der Waals surface area contributed by atoms with E-state index in [-0.39, 0.29) is 5.91 Å². The van der Waals surface area contributed by atoms with Crippen LogP contribution in [0, 0.1) is 5.92 Å². The van der Waals surface area contributed by atoms with E-state index in [9.17, 15) is 13.6 Å². The van der Waals surface area contributed by atoms with Crippen LogP contribution in [0.3, 0.4) is 0 Å². The lowest BCUT2D eigenvalue weighted by atomic mass is 10.0. The van der Waals surface area contributed by atoms with Gasteiger partial charge in [0.2, 0.25) is 0 Å². The lowest BCUT2D eigenvalue weighted by molar-refractivity contribution is 0.102. The summed E-state index contributed by atoms with van der Waals surface area (Å²) < 4.78 is 25.5. The number of halogens is 2. The first-order chi connectivity index (χ1) is 13.5. The van der Waals surface area contributed by atoms with Crippen molar-refractivity contribution in [3.63, 3.8) is 0 Å². The number of benzene rings is 1. The molecule has 1 atom stereocenters. The Morgan fingerprint density at radius 2 is 2.29 bits per heavy atom. The van der Waals surface area contributed by atoms with Gasteiger partial charge in [0.05, 0.1) is 16.7 Å². The first-order valence-corrected chi connectivity index (χ1v) is 10.1. The van der Waals surface area contributed by atoms with Crippen LogP contribution < -0.4 is 5.32 Å². The van der Waals surface area contributed by atoms with Crippen molar-refractivity contribution in [2.75, 3.05) is 18.4 Å². The van der Waals surface area contributed by atoms with Crippen LogP contribution in [0.5, 0.6) is 0 Å². The number of anilines is 1. The molecule has 3 heterocycles. The molecule has 1 fully saturated rings. The minimum absolute atomic E-state index is 0.331. The number of alkyl halides is 2. The summed E-state index contributed by atoms with van der Waals surface area (Å²) in [6.07, 6.45) is -0.201. The van der Waals surface area contributed by atoms with Gasteiger partial charge in [-0.3, -0.25) is 15.0 Å². The van der Waals surface area contributed by atoms with Crippen LogP contribution in [0.15, 0.2) is 23.6 Å². The average molecular weight is 405 g/mol. The van der Waals surface area contributed by atoms with Crippen LogP contribution in [0.1, 0.15) is 48.1 Å². The molecule has 0 bridgehead atoms. The molecule has 9 heteroatoms. The first kappa shape index (κ1) is 18.9. The number of nitrogens with zero attached hydrogens (tertiary/aromatic N) is 3. The number of rotatable bonds is 5. The molecule has 0 aliphatic carbocycles. The maximum atomic E-state index is 12.8. The third-order valence-electron chi connectivity index (χ3n) is 4.87. The van der Waals surface area contributed by atoms with Crippen LogP contribution in [0.25, 0.3) is 11.0 Å². The molecule has 1 amide bonds. The van der Waals surface area contributed by atoms with Crippen molar-refractivity contribution in [1.82, 2.24) is 19.9 Å². The normalized spacial score (nSPS) is 18.1.